The Morgan fingerprint density at radius 1 is 1.12 bits per heavy atom. The highest BCUT2D eigenvalue weighted by Crippen LogP contribution is 2.27. The van der Waals surface area contributed by atoms with E-state index in [2.05, 4.69) is 20.9 Å². The van der Waals surface area contributed by atoms with Crippen molar-refractivity contribution in [3.05, 3.63) is 24.0 Å². The molecule has 0 unspecified atom stereocenters. The monoisotopic (exact) mass is 463 g/mol. The molecule has 3 amide bonds. The minimum absolute atomic E-state index is 0.00366. The van der Waals surface area contributed by atoms with Crippen LogP contribution in [-0.2, 0) is 14.3 Å². The van der Waals surface area contributed by atoms with Crippen LogP contribution in [0.1, 0.15) is 45.7 Å². The Balaban J connectivity index is 2.07. The molecule has 1 aliphatic carbocycles. The summed E-state index contributed by atoms with van der Waals surface area (Å²) in [5.74, 6) is -0.691. The van der Waals surface area contributed by atoms with Gasteiger partial charge in [-0.25, -0.2) is 4.79 Å². The van der Waals surface area contributed by atoms with Gasteiger partial charge in [0.05, 0.1) is 17.9 Å². The average molecular weight is 464 g/mol. The number of aromatic nitrogens is 1. The molecule has 3 N–H and O–H groups in total. The summed E-state index contributed by atoms with van der Waals surface area (Å²) in [5, 5.41) is 8.62. The van der Waals surface area contributed by atoms with E-state index in [4.69, 9.17) is 17.0 Å². The predicted octanol–water partition coefficient (Wildman–Crippen LogP) is 2.40. The zero-order chi connectivity index (χ0) is 24.1. The van der Waals surface area contributed by atoms with Gasteiger partial charge in [-0.3, -0.25) is 14.6 Å². The van der Waals surface area contributed by atoms with E-state index in [0.717, 1.165) is 5.69 Å². The molecule has 0 spiro atoms. The Bertz CT molecular complexity index is 851. The van der Waals surface area contributed by atoms with Crippen LogP contribution < -0.4 is 16.0 Å². The lowest BCUT2D eigenvalue weighted by Crippen LogP contribution is -2.57. The summed E-state index contributed by atoms with van der Waals surface area (Å²) in [6.45, 7) is 7.19. The molecule has 1 heterocycles. The van der Waals surface area contributed by atoms with Crippen molar-refractivity contribution in [3.63, 3.8) is 0 Å². The smallest absolute Gasteiger partial charge is 0.407 e. The minimum Gasteiger partial charge on any atom is -0.444 e. The van der Waals surface area contributed by atoms with Gasteiger partial charge in [0.25, 0.3) is 5.91 Å². The molecule has 0 saturated heterocycles. The van der Waals surface area contributed by atoms with Crippen molar-refractivity contribution in [2.75, 3.05) is 19.4 Å². The first-order valence-corrected chi connectivity index (χ1v) is 11.0. The van der Waals surface area contributed by atoms with E-state index in [9.17, 15) is 14.4 Å². The van der Waals surface area contributed by atoms with Gasteiger partial charge in [0, 0.05) is 31.7 Å². The molecule has 176 valence electrons. The zero-order valence-corrected chi connectivity index (χ0v) is 20.3. The molecule has 2 rings (SSSR count). The second-order valence-corrected chi connectivity index (χ2v) is 9.63. The minimum atomic E-state index is -0.655. The van der Waals surface area contributed by atoms with Gasteiger partial charge in [-0.15, -0.1) is 0 Å². The number of aryl methyl sites for hydroxylation is 1. The SMILES string of the molecule is Cc1ccc(NC(=O)C(=S)N[C@H]2CC[C@H](C(=O)N(C)C)C[C@H]2NC(=O)OC(C)(C)C)cn1. The number of carbonyl (C=O) groups excluding carboxylic acids is 3. The first-order chi connectivity index (χ1) is 14.9. The summed E-state index contributed by atoms with van der Waals surface area (Å²) in [5.41, 5.74) is 0.717. The van der Waals surface area contributed by atoms with Gasteiger partial charge < -0.3 is 25.6 Å². The van der Waals surface area contributed by atoms with Gasteiger partial charge in [0.2, 0.25) is 5.91 Å². The summed E-state index contributed by atoms with van der Waals surface area (Å²) in [7, 11) is 3.42. The highest BCUT2D eigenvalue weighted by atomic mass is 32.1. The standard InChI is InChI=1S/C22H33N5O4S/c1-13-7-9-15(12-23-13)24-18(28)19(32)25-16-10-8-14(20(29)27(5)6)11-17(16)26-21(30)31-22(2,3)4/h7,9,12,14,16-17H,8,10-11H2,1-6H3,(H,24,28)(H,25,32)(H,26,30)/t14-,16-,17+/m0/s1. The quantitative estimate of drug-likeness (QED) is 0.588. The third-order valence-electron chi connectivity index (χ3n) is 5.03. The molecule has 1 saturated carbocycles. The fourth-order valence-electron chi connectivity index (χ4n) is 3.51. The van der Waals surface area contributed by atoms with Gasteiger partial charge in [-0.05, 0) is 59.1 Å². The van der Waals surface area contributed by atoms with E-state index in [0.29, 0.717) is 24.9 Å². The van der Waals surface area contributed by atoms with Crippen molar-refractivity contribution in [3.8, 4) is 0 Å². The molecule has 0 aliphatic heterocycles. The number of thiocarbonyl (C=S) groups is 1. The lowest BCUT2D eigenvalue weighted by atomic mass is 9.81. The van der Waals surface area contributed by atoms with Crippen molar-refractivity contribution in [1.29, 1.82) is 0 Å². The topological polar surface area (TPSA) is 113 Å². The second-order valence-electron chi connectivity index (χ2n) is 9.22. The van der Waals surface area contributed by atoms with Crippen LogP contribution in [0.15, 0.2) is 18.3 Å². The van der Waals surface area contributed by atoms with Crippen LogP contribution in [0.3, 0.4) is 0 Å². The number of rotatable bonds is 4. The van der Waals surface area contributed by atoms with Crippen molar-refractivity contribution >= 4 is 40.8 Å². The summed E-state index contributed by atoms with van der Waals surface area (Å²) in [6.07, 6.45) is 2.58. The fraction of sp³-hybridized carbons (Fsp3) is 0.591. The lowest BCUT2D eigenvalue weighted by Gasteiger charge is -2.37. The van der Waals surface area contributed by atoms with Crippen LogP contribution in [0.4, 0.5) is 10.5 Å². The lowest BCUT2D eigenvalue weighted by molar-refractivity contribution is -0.134. The normalized spacial score (nSPS) is 20.6. The van der Waals surface area contributed by atoms with Gasteiger partial charge in [-0.1, -0.05) is 12.2 Å². The third kappa shape index (κ3) is 7.74. The summed E-state index contributed by atoms with van der Waals surface area (Å²) in [4.78, 5) is 43.1. The molecule has 1 aromatic heterocycles. The number of carbonyl (C=O) groups is 3. The molecule has 0 bridgehead atoms. The van der Waals surface area contributed by atoms with Crippen molar-refractivity contribution in [2.24, 2.45) is 5.92 Å². The summed E-state index contributed by atoms with van der Waals surface area (Å²) in [6, 6.07) is 2.78. The maximum Gasteiger partial charge on any atom is 0.407 e. The van der Waals surface area contributed by atoms with E-state index >= 15 is 0 Å². The highest BCUT2D eigenvalue weighted by Gasteiger charge is 2.37. The number of alkyl carbamates (subject to hydrolysis) is 1. The van der Waals surface area contributed by atoms with E-state index in [1.165, 1.54) is 0 Å². The van der Waals surface area contributed by atoms with Crippen molar-refractivity contribution in [1.82, 2.24) is 20.5 Å². The molecule has 1 aliphatic rings. The molecular weight excluding hydrogens is 430 g/mol. The molecule has 0 aromatic carbocycles. The van der Waals surface area contributed by atoms with Gasteiger partial charge in [0.15, 0.2) is 4.99 Å². The Morgan fingerprint density at radius 3 is 2.38 bits per heavy atom. The molecule has 1 aromatic rings. The molecule has 32 heavy (non-hydrogen) atoms. The fourth-order valence-corrected chi connectivity index (χ4v) is 3.72. The van der Waals surface area contributed by atoms with E-state index in [1.54, 1.807) is 58.1 Å². The van der Waals surface area contributed by atoms with Crippen LogP contribution >= 0.6 is 12.2 Å². The van der Waals surface area contributed by atoms with Crippen molar-refractivity contribution < 1.29 is 19.1 Å². The number of nitrogens with zero attached hydrogens (tertiary/aromatic N) is 2. The Morgan fingerprint density at radius 2 is 1.81 bits per heavy atom. The number of amides is 3. The van der Waals surface area contributed by atoms with Crippen LogP contribution in [-0.4, -0.2) is 64.6 Å². The maximum absolute atomic E-state index is 12.5. The highest BCUT2D eigenvalue weighted by molar-refractivity contribution is 7.82. The third-order valence-corrected chi connectivity index (χ3v) is 5.34. The average Bonchev–Trinajstić information content (AvgIpc) is 2.68. The first kappa shape index (κ1) is 25.5. The molecule has 3 atom stereocenters. The van der Waals surface area contributed by atoms with Crippen LogP contribution in [0.5, 0.6) is 0 Å². The number of anilines is 1. The molecule has 9 nitrogen and oxygen atoms in total. The Kier molecular flexibility index (Phi) is 8.54. The van der Waals surface area contributed by atoms with Gasteiger partial charge in [-0.2, -0.15) is 0 Å². The van der Waals surface area contributed by atoms with Gasteiger partial charge in [0.1, 0.15) is 5.60 Å². The maximum atomic E-state index is 12.5. The Labute approximate surface area is 194 Å². The number of hydrogen-bond acceptors (Lipinski definition) is 6. The van der Waals surface area contributed by atoms with E-state index < -0.39 is 23.6 Å². The summed E-state index contributed by atoms with van der Waals surface area (Å²) >= 11 is 5.30. The second kappa shape index (κ2) is 10.7. The zero-order valence-electron chi connectivity index (χ0n) is 19.5. The molecular formula is C22H33N5O4S. The molecule has 10 heteroatoms. The number of nitrogens with one attached hydrogen (secondary N) is 3. The van der Waals surface area contributed by atoms with Crippen LogP contribution in [0.25, 0.3) is 0 Å². The molecule has 0 radical (unpaired) electrons. The van der Waals surface area contributed by atoms with Crippen molar-refractivity contribution in [2.45, 2.75) is 64.6 Å². The number of hydrogen-bond donors (Lipinski definition) is 3. The number of pyridine rings is 1. The number of ether oxygens (including phenoxy) is 1. The first-order valence-electron chi connectivity index (χ1n) is 10.6. The van der Waals surface area contributed by atoms with Gasteiger partial charge >= 0.3 is 6.09 Å². The molecule has 1 fully saturated rings. The summed E-state index contributed by atoms with van der Waals surface area (Å²) < 4.78 is 5.38. The predicted molar refractivity (Wildman–Crippen MR) is 126 cm³/mol. The van der Waals surface area contributed by atoms with E-state index in [1.807, 2.05) is 6.92 Å². The van der Waals surface area contributed by atoms with E-state index in [-0.39, 0.29) is 22.9 Å². The Hall–Kier alpha value is -2.75. The van der Waals surface area contributed by atoms with Crippen LogP contribution in [0, 0.1) is 12.8 Å². The largest absolute Gasteiger partial charge is 0.444 e. The van der Waals surface area contributed by atoms with Crippen LogP contribution in [0.2, 0.25) is 0 Å².